The predicted octanol–water partition coefficient (Wildman–Crippen LogP) is 3.11. The summed E-state index contributed by atoms with van der Waals surface area (Å²) in [6.07, 6.45) is 1.44. The number of benzene rings is 1. The van der Waals surface area contributed by atoms with E-state index in [0.29, 0.717) is 13.2 Å². The van der Waals surface area contributed by atoms with Gasteiger partial charge in [-0.05, 0) is 43.7 Å². The van der Waals surface area contributed by atoms with Crippen LogP contribution in [0.5, 0.6) is 11.5 Å². The first-order valence-electron chi connectivity index (χ1n) is 6.30. The number of hydrogen-bond donors (Lipinski definition) is 2. The Labute approximate surface area is 113 Å². The maximum absolute atomic E-state index is 9.18. The van der Waals surface area contributed by atoms with Gasteiger partial charge < -0.3 is 15.2 Å². The number of aromatic hydroxyl groups is 1. The molecule has 0 saturated carbocycles. The van der Waals surface area contributed by atoms with Crippen molar-refractivity contribution >= 4 is 5.69 Å². The Morgan fingerprint density at radius 2 is 2.11 bits per heavy atom. The lowest BCUT2D eigenvalue weighted by atomic mass is 10.2. The molecule has 1 aromatic carbocycles. The first-order valence-corrected chi connectivity index (χ1v) is 6.30. The van der Waals surface area contributed by atoms with Crippen molar-refractivity contribution in [2.75, 3.05) is 11.9 Å². The number of nitrogens with one attached hydrogen (secondary N) is 1. The second kappa shape index (κ2) is 6.09. The van der Waals surface area contributed by atoms with Crippen molar-refractivity contribution < 1.29 is 9.84 Å². The van der Waals surface area contributed by atoms with E-state index in [4.69, 9.17) is 4.74 Å². The van der Waals surface area contributed by atoms with Crippen LogP contribution < -0.4 is 10.1 Å². The second-order valence-electron chi connectivity index (χ2n) is 4.29. The van der Waals surface area contributed by atoms with Crippen LogP contribution in [0.15, 0.2) is 36.5 Å². The number of aryl methyl sites for hydroxylation is 1. The number of pyridine rings is 1. The molecule has 100 valence electrons. The van der Waals surface area contributed by atoms with Crippen molar-refractivity contribution in [3.05, 3.63) is 47.8 Å². The molecule has 2 rings (SSSR count). The van der Waals surface area contributed by atoms with Crippen LogP contribution in [0.4, 0.5) is 5.69 Å². The van der Waals surface area contributed by atoms with Gasteiger partial charge in [0.2, 0.25) is 0 Å². The van der Waals surface area contributed by atoms with E-state index in [1.165, 1.54) is 6.20 Å². The molecule has 0 aliphatic heterocycles. The lowest BCUT2D eigenvalue weighted by Crippen LogP contribution is -2.04. The first kappa shape index (κ1) is 13.2. The minimum atomic E-state index is 0.175. The molecular weight excluding hydrogens is 240 g/mol. The zero-order valence-electron chi connectivity index (χ0n) is 11.2. The Hall–Kier alpha value is -2.23. The third-order valence-electron chi connectivity index (χ3n) is 2.71. The molecule has 0 spiro atoms. The first-order chi connectivity index (χ1) is 9.19. The van der Waals surface area contributed by atoms with Crippen LogP contribution in [-0.4, -0.2) is 16.7 Å². The fourth-order valence-electron chi connectivity index (χ4n) is 1.76. The molecule has 0 atom stereocenters. The second-order valence-corrected chi connectivity index (χ2v) is 4.29. The number of aromatic nitrogens is 1. The third-order valence-corrected chi connectivity index (χ3v) is 2.71. The summed E-state index contributed by atoms with van der Waals surface area (Å²) in [4.78, 5) is 4.13. The smallest absolute Gasteiger partial charge is 0.142 e. The lowest BCUT2D eigenvalue weighted by molar-refractivity contribution is 0.341. The van der Waals surface area contributed by atoms with Crippen molar-refractivity contribution in [2.45, 2.75) is 20.4 Å². The van der Waals surface area contributed by atoms with Gasteiger partial charge in [0.15, 0.2) is 0 Å². The van der Waals surface area contributed by atoms with Gasteiger partial charge in [0.1, 0.15) is 11.5 Å². The average Bonchev–Trinajstić information content (AvgIpc) is 2.40. The van der Waals surface area contributed by atoms with Gasteiger partial charge in [0.05, 0.1) is 30.7 Å². The molecule has 1 aromatic heterocycles. The summed E-state index contributed by atoms with van der Waals surface area (Å²) in [6.45, 7) is 5.22. The number of hydrogen-bond acceptors (Lipinski definition) is 4. The molecule has 0 saturated heterocycles. The topological polar surface area (TPSA) is 54.4 Å². The van der Waals surface area contributed by atoms with Crippen LogP contribution in [0.3, 0.4) is 0 Å². The maximum atomic E-state index is 9.18. The number of rotatable bonds is 5. The van der Waals surface area contributed by atoms with E-state index < -0.39 is 0 Å². The Bertz CT molecular complexity index is 538. The summed E-state index contributed by atoms with van der Waals surface area (Å²) in [5.74, 6) is 1.02. The van der Waals surface area contributed by atoms with Crippen LogP contribution in [0, 0.1) is 6.92 Å². The predicted molar refractivity (Wildman–Crippen MR) is 75.6 cm³/mol. The Morgan fingerprint density at radius 1 is 1.26 bits per heavy atom. The standard InChI is InChI=1S/C15H18N2O2/c1-3-19-15-8-11(2)4-7-14(15)17-9-12-5-6-13(18)10-16-12/h4-8,10,17-18H,3,9H2,1-2H3. The third kappa shape index (κ3) is 3.61. The van der Waals surface area contributed by atoms with Crippen molar-refractivity contribution in [1.29, 1.82) is 0 Å². The molecule has 0 bridgehead atoms. The minimum Gasteiger partial charge on any atom is -0.506 e. The molecule has 0 fully saturated rings. The van der Waals surface area contributed by atoms with Gasteiger partial charge >= 0.3 is 0 Å². The molecule has 2 aromatic rings. The van der Waals surface area contributed by atoms with Gasteiger partial charge in [-0.2, -0.15) is 0 Å². The summed E-state index contributed by atoms with van der Waals surface area (Å²) in [6, 6.07) is 9.46. The summed E-state index contributed by atoms with van der Waals surface area (Å²) >= 11 is 0. The Balaban J connectivity index is 2.08. The molecule has 0 radical (unpaired) electrons. The molecule has 19 heavy (non-hydrogen) atoms. The van der Waals surface area contributed by atoms with Gasteiger partial charge in [-0.1, -0.05) is 6.07 Å². The maximum Gasteiger partial charge on any atom is 0.142 e. The van der Waals surface area contributed by atoms with Crippen molar-refractivity contribution in [1.82, 2.24) is 4.98 Å². The largest absolute Gasteiger partial charge is 0.506 e. The van der Waals surface area contributed by atoms with Crippen molar-refractivity contribution in [3.63, 3.8) is 0 Å². The van der Waals surface area contributed by atoms with E-state index in [1.54, 1.807) is 12.1 Å². The minimum absolute atomic E-state index is 0.175. The van der Waals surface area contributed by atoms with Gasteiger partial charge in [-0.3, -0.25) is 4.98 Å². The quantitative estimate of drug-likeness (QED) is 0.865. The van der Waals surface area contributed by atoms with E-state index in [1.807, 2.05) is 32.0 Å². The highest BCUT2D eigenvalue weighted by molar-refractivity contribution is 5.57. The summed E-state index contributed by atoms with van der Waals surface area (Å²) in [7, 11) is 0. The molecule has 0 unspecified atom stereocenters. The molecule has 4 heteroatoms. The highest BCUT2D eigenvalue weighted by atomic mass is 16.5. The van der Waals surface area contributed by atoms with Crippen LogP contribution in [0.1, 0.15) is 18.2 Å². The monoisotopic (exact) mass is 258 g/mol. The van der Waals surface area contributed by atoms with E-state index in [2.05, 4.69) is 10.3 Å². The van der Waals surface area contributed by atoms with Crippen molar-refractivity contribution in [3.8, 4) is 11.5 Å². The molecule has 4 nitrogen and oxygen atoms in total. The van der Waals surface area contributed by atoms with Crippen LogP contribution in [0.2, 0.25) is 0 Å². The summed E-state index contributed by atoms with van der Waals surface area (Å²) in [5.41, 5.74) is 2.97. The molecule has 2 N–H and O–H groups in total. The summed E-state index contributed by atoms with van der Waals surface area (Å²) in [5, 5.41) is 12.5. The molecular formula is C15H18N2O2. The highest BCUT2D eigenvalue weighted by Gasteiger charge is 2.04. The highest BCUT2D eigenvalue weighted by Crippen LogP contribution is 2.26. The van der Waals surface area contributed by atoms with Crippen LogP contribution in [0.25, 0.3) is 0 Å². The number of nitrogens with zero attached hydrogens (tertiary/aromatic N) is 1. The molecule has 0 aliphatic carbocycles. The molecule has 0 amide bonds. The summed E-state index contributed by atoms with van der Waals surface area (Å²) < 4.78 is 5.60. The van der Waals surface area contributed by atoms with Gasteiger partial charge in [-0.15, -0.1) is 0 Å². The fraction of sp³-hybridized carbons (Fsp3) is 0.267. The lowest BCUT2D eigenvalue weighted by Gasteiger charge is -2.13. The van der Waals surface area contributed by atoms with Gasteiger partial charge in [-0.25, -0.2) is 0 Å². The average molecular weight is 258 g/mol. The molecule has 0 aliphatic rings. The number of ether oxygens (including phenoxy) is 1. The Kier molecular flexibility index (Phi) is 4.23. The van der Waals surface area contributed by atoms with Gasteiger partial charge in [0.25, 0.3) is 0 Å². The van der Waals surface area contributed by atoms with E-state index in [0.717, 1.165) is 22.7 Å². The van der Waals surface area contributed by atoms with E-state index in [9.17, 15) is 5.11 Å². The van der Waals surface area contributed by atoms with E-state index >= 15 is 0 Å². The van der Waals surface area contributed by atoms with Gasteiger partial charge in [0, 0.05) is 0 Å². The van der Waals surface area contributed by atoms with E-state index in [-0.39, 0.29) is 5.75 Å². The van der Waals surface area contributed by atoms with Crippen LogP contribution >= 0.6 is 0 Å². The fourth-order valence-corrected chi connectivity index (χ4v) is 1.76. The normalized spacial score (nSPS) is 10.2. The molecule has 1 heterocycles. The zero-order chi connectivity index (χ0) is 13.7. The SMILES string of the molecule is CCOc1cc(C)ccc1NCc1ccc(O)cn1. The Morgan fingerprint density at radius 3 is 2.79 bits per heavy atom. The van der Waals surface area contributed by atoms with Crippen molar-refractivity contribution in [2.24, 2.45) is 0 Å². The zero-order valence-corrected chi connectivity index (χ0v) is 11.2. The van der Waals surface area contributed by atoms with Crippen LogP contribution in [-0.2, 0) is 6.54 Å². The number of anilines is 1.